The van der Waals surface area contributed by atoms with Gasteiger partial charge in [-0.15, -0.1) is 0 Å². The Balaban J connectivity index is 1.62. The first-order valence-corrected chi connectivity index (χ1v) is 13.3. The van der Waals surface area contributed by atoms with E-state index in [-0.39, 0.29) is 41.6 Å². The van der Waals surface area contributed by atoms with Crippen LogP contribution in [0, 0.1) is 17.7 Å². The Labute approximate surface area is 225 Å². The number of likely N-dealkylation sites (N-methyl/N-ethyl adjacent to an activating group) is 1. The predicted molar refractivity (Wildman–Crippen MR) is 137 cm³/mol. The number of allylic oxidation sites excluding steroid dienone is 1. The number of Topliss-reactive ketones (excluding diaryl/α,β-unsaturated/α-hetero) is 2. The van der Waals surface area contributed by atoms with E-state index in [1.807, 2.05) is 6.92 Å². The van der Waals surface area contributed by atoms with Gasteiger partial charge in [-0.2, -0.15) is 0 Å². The van der Waals surface area contributed by atoms with Crippen LogP contribution in [0.15, 0.2) is 28.7 Å². The van der Waals surface area contributed by atoms with E-state index in [0.717, 1.165) is 25.8 Å². The number of carbonyl (C=O) groups excluding carboxylic acids is 3. The number of phenols is 1. The second-order valence-electron chi connectivity index (χ2n) is 11.4. The Kier molecular flexibility index (Phi) is 6.60. The fourth-order valence-corrected chi connectivity index (χ4v) is 6.81. The molecule has 5 rings (SSSR count). The summed E-state index contributed by atoms with van der Waals surface area (Å²) in [6.07, 6.45) is 2.79. The summed E-state index contributed by atoms with van der Waals surface area (Å²) in [7, 11) is 3.11. The normalized spacial score (nSPS) is 28.6. The number of aliphatic hydroxyl groups excluding tert-OH is 2. The number of phenolic OH excluding ortho intramolecular Hbond substituents is 1. The zero-order chi connectivity index (χ0) is 28.5. The van der Waals surface area contributed by atoms with Crippen molar-refractivity contribution in [3.8, 4) is 5.75 Å². The minimum atomic E-state index is -2.72. The maximum atomic E-state index is 15.9. The van der Waals surface area contributed by atoms with E-state index in [2.05, 4.69) is 4.90 Å². The summed E-state index contributed by atoms with van der Waals surface area (Å²) in [5, 5.41) is 44.6. The molecule has 0 radical (unpaired) electrons. The molecule has 1 saturated carbocycles. The first kappa shape index (κ1) is 27.3. The van der Waals surface area contributed by atoms with Gasteiger partial charge in [0.25, 0.3) is 5.91 Å². The van der Waals surface area contributed by atoms with Crippen LogP contribution in [0.5, 0.6) is 5.75 Å². The Hall–Kier alpha value is -3.28. The molecule has 0 aromatic heterocycles. The molecule has 4 aliphatic rings. The highest BCUT2D eigenvalue weighted by Gasteiger charge is 2.63. The van der Waals surface area contributed by atoms with Crippen molar-refractivity contribution >= 4 is 17.5 Å². The number of hydrogen-bond donors (Lipinski definition) is 5. The van der Waals surface area contributed by atoms with E-state index >= 15 is 4.39 Å². The van der Waals surface area contributed by atoms with Crippen LogP contribution in [-0.4, -0.2) is 86.0 Å². The van der Waals surface area contributed by atoms with Crippen LogP contribution in [0.25, 0.3) is 0 Å². The molecule has 0 aliphatic heterocycles. The van der Waals surface area contributed by atoms with Crippen LogP contribution in [0.2, 0.25) is 0 Å². The number of fused-ring (bicyclic) bond motifs is 3. The Morgan fingerprint density at radius 3 is 2.44 bits per heavy atom. The van der Waals surface area contributed by atoms with Gasteiger partial charge < -0.3 is 26.2 Å². The first-order chi connectivity index (χ1) is 18.3. The van der Waals surface area contributed by atoms with E-state index in [0.29, 0.717) is 6.04 Å². The number of aliphatic hydroxyl groups is 3. The fraction of sp³-hybridized carbons (Fsp3) is 0.536. The SMILES string of the molecule is CCCN(Cc1cc(O)c2c(c1F)C[C@H]1C[C@H]3[C@H](N(C)C)C(O)=C(C(N)=O)C(=O)[C@@]3(O)C(O)=C1C2=O)C1CC1. The molecular weight excluding hydrogens is 509 g/mol. The summed E-state index contributed by atoms with van der Waals surface area (Å²) in [5.41, 5.74) is 1.43. The number of nitrogens with zero attached hydrogens (tertiary/aromatic N) is 2. The predicted octanol–water partition coefficient (Wildman–Crippen LogP) is 1.63. The van der Waals surface area contributed by atoms with Gasteiger partial charge in [0, 0.05) is 35.2 Å². The van der Waals surface area contributed by atoms with E-state index in [4.69, 9.17) is 5.73 Å². The third-order valence-electron chi connectivity index (χ3n) is 8.68. The van der Waals surface area contributed by atoms with Crippen molar-refractivity contribution < 1.29 is 39.2 Å². The standard InChI is InChI=1S/C28H34FN3O7/c1-4-7-32(14-5-6-14)11-13-10-17(33)19-15(21(13)29)8-12-9-16-22(31(2)3)24(35)20(27(30)38)26(37)28(16,39)25(36)18(12)23(19)34/h10,12,14,16,22,33,35-36,39H,4-9,11H2,1-3H3,(H2,30,38)/t12-,16-,22-,28-/m0/s1. The van der Waals surface area contributed by atoms with E-state index in [1.54, 1.807) is 14.1 Å². The molecule has 10 nitrogen and oxygen atoms in total. The second kappa shape index (κ2) is 9.42. The van der Waals surface area contributed by atoms with Gasteiger partial charge in [-0.3, -0.25) is 24.2 Å². The first-order valence-electron chi connectivity index (χ1n) is 13.3. The summed E-state index contributed by atoms with van der Waals surface area (Å²) < 4.78 is 15.9. The fourth-order valence-electron chi connectivity index (χ4n) is 6.81. The third kappa shape index (κ3) is 3.97. The van der Waals surface area contributed by atoms with E-state index < -0.39 is 69.6 Å². The van der Waals surface area contributed by atoms with E-state index in [1.165, 1.54) is 11.0 Å². The van der Waals surface area contributed by atoms with Crippen LogP contribution >= 0.6 is 0 Å². The molecule has 39 heavy (non-hydrogen) atoms. The summed E-state index contributed by atoms with van der Waals surface area (Å²) >= 11 is 0. The number of nitrogens with two attached hydrogens (primary N) is 1. The molecule has 0 spiro atoms. The van der Waals surface area contributed by atoms with Crippen LogP contribution in [0.4, 0.5) is 4.39 Å². The molecule has 1 amide bonds. The maximum absolute atomic E-state index is 15.9. The number of rotatable bonds is 7. The van der Waals surface area contributed by atoms with Crippen LogP contribution in [0.1, 0.15) is 54.1 Å². The average molecular weight is 544 g/mol. The van der Waals surface area contributed by atoms with Gasteiger partial charge in [0.2, 0.25) is 5.78 Å². The summed E-state index contributed by atoms with van der Waals surface area (Å²) in [6.45, 7) is 3.09. The maximum Gasteiger partial charge on any atom is 0.255 e. The van der Waals surface area contributed by atoms with Crippen molar-refractivity contribution in [3.63, 3.8) is 0 Å². The lowest BCUT2D eigenvalue weighted by atomic mass is 9.58. The number of halogens is 1. The highest BCUT2D eigenvalue weighted by atomic mass is 19.1. The summed E-state index contributed by atoms with van der Waals surface area (Å²) in [6, 6.07) is 0.500. The second-order valence-corrected chi connectivity index (χ2v) is 11.4. The van der Waals surface area contributed by atoms with Crippen LogP contribution < -0.4 is 5.73 Å². The smallest absolute Gasteiger partial charge is 0.255 e. The van der Waals surface area contributed by atoms with Gasteiger partial charge in [0.15, 0.2) is 11.4 Å². The molecule has 4 atom stereocenters. The zero-order valence-electron chi connectivity index (χ0n) is 22.2. The van der Waals surface area contributed by atoms with Gasteiger partial charge in [-0.1, -0.05) is 6.92 Å². The Morgan fingerprint density at radius 1 is 1.21 bits per heavy atom. The molecule has 210 valence electrons. The van der Waals surface area contributed by atoms with Crippen molar-refractivity contribution in [2.24, 2.45) is 17.6 Å². The number of amides is 1. The minimum Gasteiger partial charge on any atom is -0.510 e. The molecule has 0 unspecified atom stereocenters. The van der Waals surface area contributed by atoms with Crippen molar-refractivity contribution in [1.29, 1.82) is 0 Å². The largest absolute Gasteiger partial charge is 0.510 e. The number of hydrogen-bond acceptors (Lipinski definition) is 9. The van der Waals surface area contributed by atoms with E-state index in [9.17, 15) is 34.8 Å². The Morgan fingerprint density at radius 2 is 1.87 bits per heavy atom. The zero-order valence-corrected chi connectivity index (χ0v) is 22.2. The molecule has 1 aromatic rings. The highest BCUT2D eigenvalue weighted by molar-refractivity contribution is 6.24. The number of aromatic hydroxyl groups is 1. The highest BCUT2D eigenvalue weighted by Crippen LogP contribution is 2.52. The molecule has 0 saturated heterocycles. The van der Waals surface area contributed by atoms with Crippen molar-refractivity contribution in [2.45, 2.75) is 63.3 Å². The van der Waals surface area contributed by atoms with Gasteiger partial charge in [-0.25, -0.2) is 4.39 Å². The summed E-state index contributed by atoms with van der Waals surface area (Å²) in [4.78, 5) is 42.7. The van der Waals surface area contributed by atoms with Gasteiger partial charge in [0.05, 0.1) is 11.6 Å². The molecule has 1 fully saturated rings. The minimum absolute atomic E-state index is 0.0235. The van der Waals surface area contributed by atoms with Crippen molar-refractivity contribution in [3.05, 3.63) is 51.2 Å². The monoisotopic (exact) mass is 543 g/mol. The molecule has 1 aromatic carbocycles. The topological polar surface area (TPSA) is 165 Å². The quantitative estimate of drug-likeness (QED) is 0.322. The van der Waals surface area contributed by atoms with Gasteiger partial charge in [0.1, 0.15) is 28.7 Å². The van der Waals surface area contributed by atoms with Crippen LogP contribution in [0.3, 0.4) is 0 Å². The average Bonchev–Trinajstić information content (AvgIpc) is 3.69. The number of primary amides is 1. The number of carbonyl (C=O) groups is 3. The van der Waals surface area contributed by atoms with Crippen molar-refractivity contribution in [1.82, 2.24) is 9.80 Å². The van der Waals surface area contributed by atoms with Gasteiger partial charge in [-0.05, 0) is 64.7 Å². The van der Waals surface area contributed by atoms with Crippen LogP contribution in [-0.2, 0) is 22.6 Å². The Bertz CT molecular complexity index is 1350. The number of benzene rings is 1. The molecule has 11 heteroatoms. The third-order valence-corrected chi connectivity index (χ3v) is 8.68. The molecule has 6 N–H and O–H groups in total. The lowest BCUT2D eigenvalue weighted by Gasteiger charge is -2.50. The van der Waals surface area contributed by atoms with Gasteiger partial charge >= 0.3 is 0 Å². The molecular formula is C28H34FN3O7. The molecule has 0 heterocycles. The van der Waals surface area contributed by atoms with Crippen molar-refractivity contribution in [2.75, 3.05) is 20.6 Å². The lowest BCUT2D eigenvalue weighted by Crippen LogP contribution is -2.63. The molecule has 0 bridgehead atoms. The number of ketones is 2. The molecule has 4 aliphatic carbocycles. The summed E-state index contributed by atoms with van der Waals surface area (Å²) in [5.74, 6) is -8.10. The lowest BCUT2D eigenvalue weighted by molar-refractivity contribution is -0.148.